The van der Waals surface area contributed by atoms with Crippen molar-refractivity contribution < 1.29 is 5.11 Å². The largest absolute Gasteiger partial charge is 0.389 e. The second kappa shape index (κ2) is 6.28. The van der Waals surface area contributed by atoms with E-state index < -0.39 is 5.60 Å². The topological polar surface area (TPSA) is 52.5 Å². The molecule has 116 valence electrons. The number of hydrogen-bond acceptors (Lipinski definition) is 5. The Morgan fingerprint density at radius 3 is 2.67 bits per heavy atom. The van der Waals surface area contributed by atoms with Gasteiger partial charge in [-0.1, -0.05) is 12.8 Å². The van der Waals surface area contributed by atoms with Crippen LogP contribution >= 0.6 is 0 Å². The Labute approximate surface area is 127 Å². The van der Waals surface area contributed by atoms with E-state index in [1.807, 2.05) is 6.07 Å². The summed E-state index contributed by atoms with van der Waals surface area (Å²) in [5.41, 5.74) is -0.411. The van der Waals surface area contributed by atoms with Gasteiger partial charge in [-0.25, -0.2) is 9.97 Å². The molecule has 5 nitrogen and oxygen atoms in total. The molecule has 2 heterocycles. The average molecular weight is 290 g/mol. The lowest BCUT2D eigenvalue weighted by molar-refractivity contribution is 0.00308. The molecule has 21 heavy (non-hydrogen) atoms. The Hall–Kier alpha value is -1.20. The van der Waals surface area contributed by atoms with Crippen molar-refractivity contribution in [1.82, 2.24) is 14.9 Å². The summed E-state index contributed by atoms with van der Waals surface area (Å²) in [4.78, 5) is 13.0. The Morgan fingerprint density at radius 1 is 1.33 bits per heavy atom. The van der Waals surface area contributed by atoms with Crippen LogP contribution in [0.3, 0.4) is 0 Å². The van der Waals surface area contributed by atoms with Gasteiger partial charge in [-0.2, -0.15) is 0 Å². The van der Waals surface area contributed by atoms with Gasteiger partial charge in [-0.15, -0.1) is 0 Å². The first-order chi connectivity index (χ1) is 10.2. The van der Waals surface area contributed by atoms with Crippen molar-refractivity contribution in [3.05, 3.63) is 18.6 Å². The molecule has 1 aliphatic carbocycles. The molecule has 2 aliphatic rings. The molecule has 0 aromatic carbocycles. The van der Waals surface area contributed by atoms with E-state index in [2.05, 4.69) is 26.8 Å². The van der Waals surface area contributed by atoms with E-state index in [0.29, 0.717) is 6.04 Å². The number of β-amino-alcohol motifs (C(OH)–C–C–N with tert-alkyl or cyclic N) is 1. The van der Waals surface area contributed by atoms with Crippen LogP contribution in [-0.4, -0.2) is 58.3 Å². The van der Waals surface area contributed by atoms with Crippen molar-refractivity contribution in [1.29, 1.82) is 0 Å². The van der Waals surface area contributed by atoms with Crippen molar-refractivity contribution >= 4 is 5.82 Å². The molecular weight excluding hydrogens is 264 g/mol. The van der Waals surface area contributed by atoms with Crippen molar-refractivity contribution in [3.63, 3.8) is 0 Å². The first-order valence-electron chi connectivity index (χ1n) is 8.10. The fourth-order valence-electron chi connectivity index (χ4n) is 3.75. The fourth-order valence-corrected chi connectivity index (χ4v) is 3.75. The van der Waals surface area contributed by atoms with Gasteiger partial charge in [0, 0.05) is 38.9 Å². The second-order valence-corrected chi connectivity index (χ2v) is 6.62. The van der Waals surface area contributed by atoms with Crippen LogP contribution in [0.2, 0.25) is 0 Å². The Morgan fingerprint density at radius 2 is 2.05 bits per heavy atom. The maximum absolute atomic E-state index is 10.5. The summed E-state index contributed by atoms with van der Waals surface area (Å²) in [6.07, 6.45) is 10.0. The van der Waals surface area contributed by atoms with Crippen LogP contribution in [0.25, 0.3) is 0 Å². The lowest BCUT2D eigenvalue weighted by Gasteiger charge is -2.39. The number of hydrogen-bond donors (Lipinski definition) is 1. The molecule has 1 aromatic rings. The number of nitrogens with zero attached hydrogens (tertiary/aromatic N) is 4. The van der Waals surface area contributed by atoms with E-state index in [4.69, 9.17) is 0 Å². The van der Waals surface area contributed by atoms with Gasteiger partial charge in [0.2, 0.25) is 0 Å². The van der Waals surface area contributed by atoms with E-state index in [-0.39, 0.29) is 0 Å². The molecule has 0 amide bonds. The standard InChI is InChI=1S/C16H26N4O/c1-19(15-4-9-17-13-18-15)14-5-10-20(11-6-14)12-16(21)7-2-3-8-16/h4,9,13-14,21H,2-3,5-8,10-12H2,1H3. The highest BCUT2D eigenvalue weighted by atomic mass is 16.3. The normalized spacial score (nSPS) is 23.3. The van der Waals surface area contributed by atoms with Gasteiger partial charge >= 0.3 is 0 Å². The molecule has 0 radical (unpaired) electrons. The average Bonchev–Trinajstić information content (AvgIpc) is 2.94. The lowest BCUT2D eigenvalue weighted by atomic mass is 9.98. The van der Waals surface area contributed by atoms with Crippen LogP contribution in [0.1, 0.15) is 38.5 Å². The van der Waals surface area contributed by atoms with Gasteiger partial charge in [0.25, 0.3) is 0 Å². The van der Waals surface area contributed by atoms with Crippen LogP contribution in [-0.2, 0) is 0 Å². The number of anilines is 1. The van der Waals surface area contributed by atoms with Gasteiger partial charge in [0.1, 0.15) is 12.1 Å². The molecule has 1 saturated heterocycles. The van der Waals surface area contributed by atoms with Crippen LogP contribution in [0.15, 0.2) is 18.6 Å². The maximum Gasteiger partial charge on any atom is 0.131 e. The number of likely N-dealkylation sites (tertiary alicyclic amines) is 1. The van der Waals surface area contributed by atoms with Gasteiger partial charge in [-0.05, 0) is 31.7 Å². The third-order valence-corrected chi connectivity index (χ3v) is 5.08. The highest BCUT2D eigenvalue weighted by Gasteiger charge is 2.34. The molecule has 1 N–H and O–H groups in total. The summed E-state index contributed by atoms with van der Waals surface area (Å²) in [7, 11) is 2.12. The number of piperidine rings is 1. The van der Waals surface area contributed by atoms with Crippen molar-refractivity contribution in [2.45, 2.75) is 50.2 Å². The third kappa shape index (κ3) is 3.52. The number of aromatic nitrogens is 2. The molecule has 3 rings (SSSR count). The van der Waals surface area contributed by atoms with Gasteiger partial charge < -0.3 is 14.9 Å². The molecule has 1 aliphatic heterocycles. The van der Waals surface area contributed by atoms with Crippen LogP contribution in [0, 0.1) is 0 Å². The number of aliphatic hydroxyl groups is 1. The van der Waals surface area contributed by atoms with Crippen LogP contribution < -0.4 is 4.90 Å². The fraction of sp³-hybridized carbons (Fsp3) is 0.750. The second-order valence-electron chi connectivity index (χ2n) is 6.62. The zero-order valence-electron chi connectivity index (χ0n) is 12.9. The predicted molar refractivity (Wildman–Crippen MR) is 83.3 cm³/mol. The summed E-state index contributed by atoms with van der Waals surface area (Å²) in [5.74, 6) is 0.998. The van der Waals surface area contributed by atoms with Crippen LogP contribution in [0.4, 0.5) is 5.82 Å². The minimum absolute atomic E-state index is 0.411. The predicted octanol–water partition coefficient (Wildman–Crippen LogP) is 1.68. The lowest BCUT2D eigenvalue weighted by Crippen LogP contribution is -2.48. The minimum Gasteiger partial charge on any atom is -0.389 e. The summed E-state index contributed by atoms with van der Waals surface area (Å²) in [6.45, 7) is 3.00. The highest BCUT2D eigenvalue weighted by Crippen LogP contribution is 2.31. The monoisotopic (exact) mass is 290 g/mol. The maximum atomic E-state index is 10.5. The SMILES string of the molecule is CN(c1ccncn1)C1CCN(CC2(O)CCCC2)CC1. The van der Waals surface area contributed by atoms with E-state index in [0.717, 1.165) is 51.1 Å². The molecule has 2 fully saturated rings. The molecule has 1 aromatic heterocycles. The summed E-state index contributed by atoms with van der Waals surface area (Å²) in [6, 6.07) is 2.50. The summed E-state index contributed by atoms with van der Waals surface area (Å²) < 4.78 is 0. The molecule has 0 spiro atoms. The molecule has 1 saturated carbocycles. The van der Waals surface area contributed by atoms with E-state index in [1.54, 1.807) is 12.5 Å². The molecule has 0 atom stereocenters. The highest BCUT2D eigenvalue weighted by molar-refractivity contribution is 5.36. The quantitative estimate of drug-likeness (QED) is 0.914. The Kier molecular flexibility index (Phi) is 4.40. The van der Waals surface area contributed by atoms with Gasteiger partial charge in [0.05, 0.1) is 5.60 Å². The summed E-state index contributed by atoms with van der Waals surface area (Å²) >= 11 is 0. The van der Waals surface area contributed by atoms with Crippen LogP contribution in [0.5, 0.6) is 0 Å². The molecular formula is C16H26N4O. The summed E-state index contributed by atoms with van der Waals surface area (Å²) in [5, 5.41) is 10.5. The minimum atomic E-state index is -0.411. The van der Waals surface area contributed by atoms with Crippen molar-refractivity contribution in [2.24, 2.45) is 0 Å². The van der Waals surface area contributed by atoms with Crippen molar-refractivity contribution in [3.8, 4) is 0 Å². The zero-order valence-corrected chi connectivity index (χ0v) is 12.9. The Bertz CT molecular complexity index is 439. The van der Waals surface area contributed by atoms with E-state index in [1.165, 1.54) is 12.8 Å². The molecule has 0 bridgehead atoms. The van der Waals surface area contributed by atoms with Gasteiger partial charge in [-0.3, -0.25) is 0 Å². The third-order valence-electron chi connectivity index (χ3n) is 5.08. The van der Waals surface area contributed by atoms with E-state index >= 15 is 0 Å². The number of rotatable bonds is 4. The smallest absolute Gasteiger partial charge is 0.131 e. The zero-order chi connectivity index (χ0) is 14.7. The molecule has 5 heteroatoms. The van der Waals surface area contributed by atoms with E-state index in [9.17, 15) is 5.11 Å². The van der Waals surface area contributed by atoms with Crippen molar-refractivity contribution in [2.75, 3.05) is 31.6 Å². The first kappa shape index (κ1) is 14.7. The van der Waals surface area contributed by atoms with Gasteiger partial charge in [0.15, 0.2) is 0 Å². The molecule has 0 unspecified atom stereocenters. The Balaban J connectivity index is 1.51. The first-order valence-corrected chi connectivity index (χ1v) is 8.10.